The van der Waals surface area contributed by atoms with Crippen molar-refractivity contribution < 1.29 is 9.66 Å². The van der Waals surface area contributed by atoms with E-state index in [2.05, 4.69) is 64.7 Å². The molecule has 0 fully saturated rings. The average Bonchev–Trinajstić information content (AvgIpc) is 3.08. The molecule has 0 aliphatic carbocycles. The van der Waals surface area contributed by atoms with Crippen LogP contribution in [-0.4, -0.2) is 21.1 Å². The second-order valence-electron chi connectivity index (χ2n) is 9.34. The zero-order valence-electron chi connectivity index (χ0n) is 19.6. The Kier molecular flexibility index (Phi) is 7.67. The maximum atomic E-state index is 10.9. The lowest BCUT2D eigenvalue weighted by atomic mass is 9.76. The fourth-order valence-corrected chi connectivity index (χ4v) is 3.37. The molecule has 0 spiro atoms. The summed E-state index contributed by atoms with van der Waals surface area (Å²) in [6.45, 7) is 16.7. The van der Waals surface area contributed by atoms with Crippen molar-refractivity contribution in [1.29, 1.82) is 0 Å². The summed E-state index contributed by atoms with van der Waals surface area (Å²) >= 11 is 0. The van der Waals surface area contributed by atoms with Crippen LogP contribution in [-0.2, 0) is 17.4 Å². The quantitative estimate of drug-likeness (QED) is 0.244. The molecule has 1 heterocycles. The van der Waals surface area contributed by atoms with E-state index in [4.69, 9.17) is 4.74 Å². The predicted molar refractivity (Wildman–Crippen MR) is 121 cm³/mol. The molecule has 0 aliphatic heterocycles. The van der Waals surface area contributed by atoms with Crippen molar-refractivity contribution in [2.45, 2.75) is 91.5 Å². The van der Waals surface area contributed by atoms with Crippen LogP contribution in [0.15, 0.2) is 24.4 Å². The summed E-state index contributed by atoms with van der Waals surface area (Å²) in [7, 11) is 0. The van der Waals surface area contributed by atoms with Crippen LogP contribution >= 0.6 is 0 Å². The lowest BCUT2D eigenvalue weighted by Crippen LogP contribution is -2.21. The van der Waals surface area contributed by atoms with E-state index in [0.717, 1.165) is 31.4 Å². The van der Waals surface area contributed by atoms with Gasteiger partial charge < -0.3 is 19.4 Å². The summed E-state index contributed by atoms with van der Waals surface area (Å²) < 4.78 is 8.04. The monoisotopic (exact) mass is 415 g/mol. The number of rotatable bonds is 11. The third kappa shape index (κ3) is 5.61. The molecule has 0 atom stereocenters. The van der Waals surface area contributed by atoms with E-state index in [0.29, 0.717) is 19.0 Å². The molecule has 1 aromatic carbocycles. The fourth-order valence-electron chi connectivity index (χ4n) is 3.37. The van der Waals surface area contributed by atoms with Gasteiger partial charge in [-0.15, -0.1) is 0 Å². The first-order chi connectivity index (χ1) is 14.0. The van der Waals surface area contributed by atoms with Gasteiger partial charge in [-0.25, -0.2) is 0 Å². The number of aromatic nitrogens is 2. The molecule has 0 N–H and O–H groups in total. The minimum atomic E-state index is -0.451. The molecular weight excluding hydrogens is 378 g/mol. The van der Waals surface area contributed by atoms with Gasteiger partial charge in [-0.1, -0.05) is 53.7 Å². The normalized spacial score (nSPS) is 12.2. The first-order valence-corrected chi connectivity index (χ1v) is 11.0. The van der Waals surface area contributed by atoms with Crippen molar-refractivity contribution in [3.05, 3.63) is 51.5 Å². The van der Waals surface area contributed by atoms with E-state index in [1.807, 2.05) is 4.57 Å². The Morgan fingerprint density at radius 2 is 1.77 bits per heavy atom. The lowest BCUT2D eigenvalue weighted by Gasteiger charge is -2.30. The van der Waals surface area contributed by atoms with E-state index in [-0.39, 0.29) is 16.6 Å². The molecule has 0 bridgehead atoms. The number of hydrogen-bond acceptors (Lipinski definition) is 4. The van der Waals surface area contributed by atoms with Crippen molar-refractivity contribution in [2.75, 3.05) is 6.61 Å². The highest BCUT2D eigenvalue weighted by molar-refractivity contribution is 5.44. The van der Waals surface area contributed by atoms with Gasteiger partial charge >= 0.3 is 5.82 Å². The van der Waals surface area contributed by atoms with E-state index in [1.165, 1.54) is 17.3 Å². The van der Waals surface area contributed by atoms with Crippen molar-refractivity contribution in [1.82, 2.24) is 9.55 Å². The Hall–Kier alpha value is -2.37. The fraction of sp³-hybridized carbons (Fsp3) is 0.625. The van der Waals surface area contributed by atoms with Gasteiger partial charge in [0.2, 0.25) is 5.82 Å². The molecule has 2 rings (SSSR count). The Balaban J connectivity index is 2.03. The van der Waals surface area contributed by atoms with Crippen LogP contribution in [0.1, 0.15) is 84.2 Å². The van der Waals surface area contributed by atoms with E-state index < -0.39 is 4.92 Å². The third-order valence-electron chi connectivity index (χ3n) is 6.46. The van der Waals surface area contributed by atoms with Gasteiger partial charge in [0.05, 0.1) is 6.61 Å². The smallest absolute Gasteiger partial charge is 0.381 e. The predicted octanol–water partition coefficient (Wildman–Crippen LogP) is 6.33. The highest BCUT2D eigenvalue weighted by atomic mass is 16.6. The van der Waals surface area contributed by atoms with Crippen LogP contribution in [0.25, 0.3) is 0 Å². The van der Waals surface area contributed by atoms with Crippen molar-refractivity contribution in [3.8, 4) is 5.75 Å². The molecule has 166 valence electrons. The van der Waals surface area contributed by atoms with Gasteiger partial charge in [-0.05, 0) is 58.1 Å². The van der Waals surface area contributed by atoms with Crippen LogP contribution in [0.3, 0.4) is 0 Å². The zero-order chi connectivity index (χ0) is 22.5. The van der Waals surface area contributed by atoms with Crippen LogP contribution in [0.2, 0.25) is 0 Å². The van der Waals surface area contributed by atoms with Crippen LogP contribution in [0.5, 0.6) is 5.75 Å². The molecule has 30 heavy (non-hydrogen) atoms. The second-order valence-corrected chi connectivity index (χ2v) is 9.34. The number of nitro groups is 1. The Morgan fingerprint density at radius 3 is 2.33 bits per heavy atom. The Morgan fingerprint density at radius 1 is 1.10 bits per heavy atom. The highest BCUT2D eigenvalue weighted by Crippen LogP contribution is 2.38. The molecule has 0 saturated heterocycles. The zero-order valence-corrected chi connectivity index (χ0v) is 19.6. The maximum absolute atomic E-state index is 10.9. The van der Waals surface area contributed by atoms with E-state index in [9.17, 15) is 10.1 Å². The van der Waals surface area contributed by atoms with E-state index >= 15 is 0 Å². The summed E-state index contributed by atoms with van der Waals surface area (Å²) in [5.74, 6) is 1.54. The van der Waals surface area contributed by atoms with Crippen molar-refractivity contribution in [2.24, 2.45) is 0 Å². The molecule has 0 aliphatic rings. The van der Waals surface area contributed by atoms with Gasteiger partial charge in [0.25, 0.3) is 0 Å². The number of imidazole rings is 1. The second kappa shape index (κ2) is 9.63. The summed E-state index contributed by atoms with van der Waals surface area (Å²) in [5, 5.41) is 10.9. The summed E-state index contributed by atoms with van der Waals surface area (Å²) in [6, 6.07) is 6.65. The molecule has 2 aromatic rings. The Labute approximate surface area is 180 Å². The number of benzene rings is 1. The molecule has 0 radical (unpaired) electrons. The molecule has 6 heteroatoms. The van der Waals surface area contributed by atoms with Crippen LogP contribution in [0.4, 0.5) is 5.82 Å². The molecule has 1 aromatic heterocycles. The number of aryl methyl sites for hydroxylation is 2. The minimum Gasteiger partial charge on any atom is -0.493 e. The van der Waals surface area contributed by atoms with Gasteiger partial charge in [0.15, 0.2) is 0 Å². The van der Waals surface area contributed by atoms with Gasteiger partial charge in [-0.3, -0.25) is 0 Å². The van der Waals surface area contributed by atoms with Gasteiger partial charge in [0.1, 0.15) is 11.9 Å². The Bertz CT molecular complexity index is 869. The first-order valence-electron chi connectivity index (χ1n) is 11.0. The number of ether oxygens (including phenoxy) is 1. The molecular formula is C24H37N3O3. The van der Waals surface area contributed by atoms with Crippen molar-refractivity contribution >= 4 is 5.82 Å². The van der Waals surface area contributed by atoms with Gasteiger partial charge in [0, 0.05) is 19.0 Å². The topological polar surface area (TPSA) is 70.2 Å². The maximum Gasteiger partial charge on any atom is 0.381 e. The van der Waals surface area contributed by atoms with Gasteiger partial charge in [-0.2, -0.15) is 0 Å². The van der Waals surface area contributed by atoms with Crippen molar-refractivity contribution in [3.63, 3.8) is 0 Å². The van der Waals surface area contributed by atoms with Crippen LogP contribution in [0, 0.1) is 17.0 Å². The van der Waals surface area contributed by atoms with Crippen LogP contribution < -0.4 is 4.74 Å². The minimum absolute atomic E-state index is 0.0437. The number of hydrogen-bond donors (Lipinski definition) is 0. The first kappa shape index (κ1) is 23.9. The largest absolute Gasteiger partial charge is 0.493 e. The summed E-state index contributed by atoms with van der Waals surface area (Å²) in [6.07, 6.45) is 5.39. The number of unbranched alkanes of at least 4 members (excludes halogenated alkanes) is 1. The molecule has 0 saturated carbocycles. The third-order valence-corrected chi connectivity index (χ3v) is 6.46. The SMILES string of the molecule is CCC(C)(C)c1ccc(OCCCCn2cc([N+](=O)[O-])nc2C)c(C(C)(C)CC)c1. The number of nitrogens with zero attached hydrogens (tertiary/aromatic N) is 3. The summed E-state index contributed by atoms with van der Waals surface area (Å²) in [4.78, 5) is 14.4. The molecule has 0 unspecified atom stereocenters. The standard InChI is InChI=1S/C24H37N3O3/c1-8-23(4,5)19-12-13-21(20(16-19)24(6,7)9-2)30-15-11-10-14-26-17-22(27(28)29)25-18(26)3/h12-13,16-17H,8-11,14-15H2,1-7H3. The summed E-state index contributed by atoms with van der Waals surface area (Å²) in [5.41, 5.74) is 2.81. The van der Waals surface area contributed by atoms with E-state index in [1.54, 1.807) is 6.92 Å². The lowest BCUT2D eigenvalue weighted by molar-refractivity contribution is -0.389. The average molecular weight is 416 g/mol. The molecule has 6 nitrogen and oxygen atoms in total. The molecule has 0 amide bonds. The highest BCUT2D eigenvalue weighted by Gasteiger charge is 2.26.